The summed E-state index contributed by atoms with van der Waals surface area (Å²) >= 11 is 0. The molecule has 0 bridgehead atoms. The van der Waals surface area contributed by atoms with Crippen molar-refractivity contribution in [2.24, 2.45) is 0 Å². The molecule has 0 aliphatic heterocycles. The van der Waals surface area contributed by atoms with E-state index in [1.807, 2.05) is 12.1 Å². The minimum atomic E-state index is -0.940. The molecule has 0 atom stereocenters. The van der Waals surface area contributed by atoms with E-state index < -0.39 is 11.6 Å². The normalized spacial score (nSPS) is 10.4. The fraction of sp³-hybridized carbons (Fsp3) is 0.143. The van der Waals surface area contributed by atoms with Crippen molar-refractivity contribution >= 4 is 0 Å². The minimum Gasteiger partial charge on any atom is -0.457 e. The maximum absolute atomic E-state index is 13.0. The van der Waals surface area contributed by atoms with E-state index in [1.165, 1.54) is 6.07 Å². The van der Waals surface area contributed by atoms with Crippen molar-refractivity contribution in [2.45, 2.75) is 6.42 Å². The van der Waals surface area contributed by atoms with Crippen LogP contribution in [-0.4, -0.2) is 11.7 Å². The molecule has 0 saturated carbocycles. The van der Waals surface area contributed by atoms with Gasteiger partial charge in [0.05, 0.1) is 0 Å². The molecule has 0 amide bonds. The van der Waals surface area contributed by atoms with Crippen molar-refractivity contribution in [3.8, 4) is 11.5 Å². The van der Waals surface area contributed by atoms with E-state index in [0.29, 0.717) is 12.2 Å². The van der Waals surface area contributed by atoms with Gasteiger partial charge < -0.3 is 9.84 Å². The third-order valence-electron chi connectivity index (χ3n) is 2.45. The SMILES string of the molecule is OCCc1ccc(Oc2ccc(F)c(F)c2)cc1. The molecule has 2 aromatic rings. The Kier molecular flexibility index (Phi) is 3.89. The zero-order valence-corrected chi connectivity index (χ0v) is 9.57. The zero-order valence-electron chi connectivity index (χ0n) is 9.57. The van der Waals surface area contributed by atoms with Gasteiger partial charge in [-0.1, -0.05) is 12.1 Å². The molecule has 94 valence electrons. The summed E-state index contributed by atoms with van der Waals surface area (Å²) in [6, 6.07) is 10.4. The van der Waals surface area contributed by atoms with Gasteiger partial charge in [0.25, 0.3) is 0 Å². The number of aliphatic hydroxyl groups is 1. The first-order valence-electron chi connectivity index (χ1n) is 5.52. The van der Waals surface area contributed by atoms with E-state index in [0.717, 1.165) is 17.7 Å². The molecule has 4 heteroatoms. The first kappa shape index (κ1) is 12.5. The Morgan fingerprint density at radius 2 is 1.56 bits per heavy atom. The molecule has 0 aromatic heterocycles. The molecule has 0 fully saturated rings. The van der Waals surface area contributed by atoms with Gasteiger partial charge in [0.15, 0.2) is 11.6 Å². The van der Waals surface area contributed by atoms with Gasteiger partial charge >= 0.3 is 0 Å². The average Bonchev–Trinajstić information content (AvgIpc) is 2.37. The Balaban J connectivity index is 2.10. The topological polar surface area (TPSA) is 29.5 Å². The molecule has 0 saturated heterocycles. The maximum atomic E-state index is 13.0. The summed E-state index contributed by atoms with van der Waals surface area (Å²) in [6.45, 7) is 0.0867. The third kappa shape index (κ3) is 3.05. The molecule has 1 N–H and O–H groups in total. The second-order valence-corrected chi connectivity index (χ2v) is 3.80. The summed E-state index contributed by atoms with van der Waals surface area (Å²) in [5, 5.41) is 8.77. The minimum absolute atomic E-state index is 0.0867. The highest BCUT2D eigenvalue weighted by atomic mass is 19.2. The van der Waals surface area contributed by atoms with Crippen LogP contribution < -0.4 is 4.74 Å². The first-order chi connectivity index (χ1) is 8.69. The van der Waals surface area contributed by atoms with Crippen molar-refractivity contribution < 1.29 is 18.6 Å². The van der Waals surface area contributed by atoms with Crippen molar-refractivity contribution in [2.75, 3.05) is 6.61 Å². The molecule has 18 heavy (non-hydrogen) atoms. The van der Waals surface area contributed by atoms with Crippen LogP contribution >= 0.6 is 0 Å². The van der Waals surface area contributed by atoms with Crippen LogP contribution in [0.25, 0.3) is 0 Å². The van der Waals surface area contributed by atoms with Crippen LogP contribution in [0.3, 0.4) is 0 Å². The van der Waals surface area contributed by atoms with Crippen LogP contribution in [0.5, 0.6) is 11.5 Å². The Hall–Kier alpha value is -1.94. The molecule has 0 unspecified atom stereocenters. The largest absolute Gasteiger partial charge is 0.457 e. The van der Waals surface area contributed by atoms with E-state index in [1.54, 1.807) is 12.1 Å². The average molecular weight is 250 g/mol. The molecule has 2 nitrogen and oxygen atoms in total. The van der Waals surface area contributed by atoms with Gasteiger partial charge in [-0.05, 0) is 36.2 Å². The lowest BCUT2D eigenvalue weighted by molar-refractivity contribution is 0.299. The van der Waals surface area contributed by atoms with Crippen molar-refractivity contribution in [1.29, 1.82) is 0 Å². The summed E-state index contributed by atoms with van der Waals surface area (Å²) in [4.78, 5) is 0. The molecule has 2 aromatic carbocycles. The fourth-order valence-electron chi connectivity index (χ4n) is 1.53. The zero-order chi connectivity index (χ0) is 13.0. The predicted molar refractivity (Wildman–Crippen MR) is 63.7 cm³/mol. The van der Waals surface area contributed by atoms with E-state index in [-0.39, 0.29) is 12.4 Å². The quantitative estimate of drug-likeness (QED) is 0.902. The number of benzene rings is 2. The van der Waals surface area contributed by atoms with E-state index in [4.69, 9.17) is 9.84 Å². The van der Waals surface area contributed by atoms with Gasteiger partial charge in [-0.3, -0.25) is 0 Å². The van der Waals surface area contributed by atoms with E-state index in [9.17, 15) is 8.78 Å². The maximum Gasteiger partial charge on any atom is 0.162 e. The summed E-state index contributed by atoms with van der Waals surface area (Å²) in [5.41, 5.74) is 0.982. The van der Waals surface area contributed by atoms with Gasteiger partial charge in [0.1, 0.15) is 11.5 Å². The molecule has 2 rings (SSSR count). The number of ether oxygens (including phenoxy) is 1. The number of hydrogen-bond acceptors (Lipinski definition) is 2. The highest BCUT2D eigenvalue weighted by molar-refractivity contribution is 5.33. The van der Waals surface area contributed by atoms with Gasteiger partial charge in [-0.2, -0.15) is 0 Å². The number of aliphatic hydroxyl groups excluding tert-OH is 1. The second kappa shape index (κ2) is 5.60. The molecular formula is C14H12F2O2. The Bertz CT molecular complexity index is 524. The molecule has 0 aliphatic carbocycles. The second-order valence-electron chi connectivity index (χ2n) is 3.80. The van der Waals surface area contributed by atoms with Crippen LogP contribution in [0, 0.1) is 11.6 Å². The van der Waals surface area contributed by atoms with Crippen molar-refractivity contribution in [3.63, 3.8) is 0 Å². The van der Waals surface area contributed by atoms with E-state index >= 15 is 0 Å². The summed E-state index contributed by atoms with van der Waals surface area (Å²) < 4.78 is 31.1. The Morgan fingerprint density at radius 1 is 0.889 bits per heavy atom. The van der Waals surface area contributed by atoms with Gasteiger partial charge in [0.2, 0.25) is 0 Å². The standard InChI is InChI=1S/C14H12F2O2/c15-13-6-5-12(9-14(13)16)18-11-3-1-10(2-4-11)7-8-17/h1-6,9,17H,7-8H2. The lowest BCUT2D eigenvalue weighted by atomic mass is 10.1. The van der Waals surface area contributed by atoms with Crippen LogP contribution in [0.2, 0.25) is 0 Å². The van der Waals surface area contributed by atoms with E-state index in [2.05, 4.69) is 0 Å². The molecule has 0 heterocycles. The molecule has 0 radical (unpaired) electrons. The van der Waals surface area contributed by atoms with Crippen LogP contribution in [0.15, 0.2) is 42.5 Å². The number of halogens is 2. The predicted octanol–water partition coefficient (Wildman–Crippen LogP) is 3.29. The molecular weight excluding hydrogens is 238 g/mol. The Morgan fingerprint density at radius 3 is 2.17 bits per heavy atom. The smallest absolute Gasteiger partial charge is 0.162 e. The fourth-order valence-corrected chi connectivity index (χ4v) is 1.53. The summed E-state index contributed by atoms with van der Waals surface area (Å²) in [7, 11) is 0. The molecule has 0 aliphatic rings. The number of hydrogen-bond donors (Lipinski definition) is 1. The van der Waals surface area contributed by atoms with Gasteiger partial charge in [-0.15, -0.1) is 0 Å². The molecule has 0 spiro atoms. The lowest BCUT2D eigenvalue weighted by Crippen LogP contribution is -1.91. The lowest BCUT2D eigenvalue weighted by Gasteiger charge is -2.06. The van der Waals surface area contributed by atoms with Crippen LogP contribution in [0.4, 0.5) is 8.78 Å². The summed E-state index contributed by atoms with van der Waals surface area (Å²) in [5.74, 6) is -1.07. The van der Waals surface area contributed by atoms with Gasteiger partial charge in [-0.25, -0.2) is 8.78 Å². The van der Waals surface area contributed by atoms with Gasteiger partial charge in [0, 0.05) is 12.7 Å². The van der Waals surface area contributed by atoms with Crippen molar-refractivity contribution in [3.05, 3.63) is 59.7 Å². The highest BCUT2D eigenvalue weighted by Gasteiger charge is 2.04. The highest BCUT2D eigenvalue weighted by Crippen LogP contribution is 2.23. The number of rotatable bonds is 4. The first-order valence-corrected chi connectivity index (χ1v) is 5.52. The van der Waals surface area contributed by atoms with Crippen molar-refractivity contribution in [1.82, 2.24) is 0 Å². The monoisotopic (exact) mass is 250 g/mol. The summed E-state index contributed by atoms with van der Waals surface area (Å²) in [6.07, 6.45) is 0.575. The third-order valence-corrected chi connectivity index (χ3v) is 2.45. The Labute approximate surface area is 103 Å². The van der Waals surface area contributed by atoms with Crippen LogP contribution in [-0.2, 0) is 6.42 Å². The van der Waals surface area contributed by atoms with Crippen LogP contribution in [0.1, 0.15) is 5.56 Å².